The molecule has 0 unspecified atom stereocenters. The molecule has 0 saturated carbocycles. The van der Waals surface area contributed by atoms with Crippen LogP contribution in [0.5, 0.6) is 0 Å². The van der Waals surface area contributed by atoms with Gasteiger partial charge in [0, 0.05) is 11.1 Å². The van der Waals surface area contributed by atoms with Gasteiger partial charge in [-0.25, -0.2) is 9.37 Å². The molecule has 1 nitrogen and oxygen atoms in total. The lowest BCUT2D eigenvalue weighted by Gasteiger charge is -2.11. The molecule has 0 amide bonds. The third kappa shape index (κ3) is 3.51. The number of hydrogen-bond acceptors (Lipinski definition) is 2. The van der Waals surface area contributed by atoms with E-state index in [1.807, 2.05) is 12.1 Å². The minimum Gasteiger partial charge on any atom is -0.235 e. The highest BCUT2D eigenvalue weighted by Gasteiger charge is 2.16. The van der Waals surface area contributed by atoms with Gasteiger partial charge in [0.1, 0.15) is 10.8 Å². The van der Waals surface area contributed by atoms with Crippen molar-refractivity contribution in [2.75, 3.05) is 0 Å². The van der Waals surface area contributed by atoms with Gasteiger partial charge in [0.2, 0.25) is 0 Å². The lowest BCUT2D eigenvalue weighted by atomic mass is 9.94. The molecule has 33 heavy (non-hydrogen) atoms. The largest absolute Gasteiger partial charge is 0.235 e. The first kappa shape index (κ1) is 19.8. The summed E-state index contributed by atoms with van der Waals surface area (Å²) in [6.45, 7) is 2.12. The van der Waals surface area contributed by atoms with Crippen molar-refractivity contribution in [2.24, 2.45) is 0 Å². The van der Waals surface area contributed by atoms with Crippen LogP contribution in [0.25, 0.3) is 53.8 Å². The van der Waals surface area contributed by atoms with E-state index < -0.39 is 0 Å². The van der Waals surface area contributed by atoms with Crippen LogP contribution in [0.1, 0.15) is 5.56 Å². The Morgan fingerprint density at radius 1 is 0.667 bits per heavy atom. The second-order valence-electron chi connectivity index (χ2n) is 8.24. The monoisotopic (exact) mass is 445 g/mol. The lowest BCUT2D eigenvalue weighted by Crippen LogP contribution is -1.87. The fraction of sp³-hybridized carbons (Fsp3) is 0.0333. The second kappa shape index (κ2) is 7.95. The van der Waals surface area contributed by atoms with Gasteiger partial charge in [-0.15, -0.1) is 11.3 Å². The van der Waals surface area contributed by atoms with E-state index >= 15 is 0 Å². The molecule has 3 heteroatoms. The van der Waals surface area contributed by atoms with Crippen molar-refractivity contribution in [2.45, 2.75) is 6.92 Å². The predicted octanol–water partition coefficient (Wildman–Crippen LogP) is 8.90. The summed E-state index contributed by atoms with van der Waals surface area (Å²) in [7, 11) is 0. The van der Waals surface area contributed by atoms with Gasteiger partial charge in [0.25, 0.3) is 0 Å². The molecule has 158 valence electrons. The quantitative estimate of drug-likeness (QED) is 0.265. The Balaban J connectivity index is 1.66. The topological polar surface area (TPSA) is 12.9 Å². The third-order valence-electron chi connectivity index (χ3n) is 6.13. The highest BCUT2D eigenvalue weighted by atomic mass is 32.1. The van der Waals surface area contributed by atoms with Crippen LogP contribution in [0.15, 0.2) is 103 Å². The van der Waals surface area contributed by atoms with Crippen LogP contribution in [0.2, 0.25) is 0 Å². The molecule has 6 aromatic rings. The molecule has 0 bridgehead atoms. The van der Waals surface area contributed by atoms with Crippen molar-refractivity contribution in [1.29, 1.82) is 0 Å². The zero-order valence-corrected chi connectivity index (χ0v) is 18.9. The van der Waals surface area contributed by atoms with Crippen LogP contribution in [-0.4, -0.2) is 4.98 Å². The van der Waals surface area contributed by atoms with Crippen LogP contribution in [-0.2, 0) is 0 Å². The molecule has 6 rings (SSSR count). The summed E-state index contributed by atoms with van der Waals surface area (Å²) in [5.74, 6) is -0.228. The summed E-state index contributed by atoms with van der Waals surface area (Å²) in [5, 5.41) is 3.41. The number of fused-ring (bicyclic) bond motifs is 2. The van der Waals surface area contributed by atoms with Gasteiger partial charge in [0.05, 0.1) is 10.2 Å². The molecule has 5 aromatic carbocycles. The lowest BCUT2D eigenvalue weighted by molar-refractivity contribution is 0.628. The first-order valence-electron chi connectivity index (χ1n) is 10.9. The van der Waals surface area contributed by atoms with Gasteiger partial charge < -0.3 is 0 Å². The highest BCUT2D eigenvalue weighted by molar-refractivity contribution is 7.21. The number of rotatable bonds is 3. The Bertz CT molecular complexity index is 1620. The fourth-order valence-electron chi connectivity index (χ4n) is 4.43. The van der Waals surface area contributed by atoms with Crippen molar-refractivity contribution in [3.05, 3.63) is 115 Å². The third-order valence-corrected chi connectivity index (χ3v) is 7.16. The second-order valence-corrected chi connectivity index (χ2v) is 9.27. The van der Waals surface area contributed by atoms with Crippen molar-refractivity contribution in [3.63, 3.8) is 0 Å². The van der Waals surface area contributed by atoms with E-state index in [0.29, 0.717) is 0 Å². The number of aromatic nitrogens is 1. The van der Waals surface area contributed by atoms with Crippen LogP contribution >= 0.6 is 11.3 Å². The maximum atomic E-state index is 13.6. The summed E-state index contributed by atoms with van der Waals surface area (Å²) >= 11 is 1.71. The first-order valence-corrected chi connectivity index (χ1v) is 11.7. The Hall–Kier alpha value is -3.82. The number of thiazole rings is 1. The van der Waals surface area contributed by atoms with E-state index in [0.717, 1.165) is 43.0 Å². The van der Waals surface area contributed by atoms with E-state index in [9.17, 15) is 4.39 Å². The molecule has 1 aromatic heterocycles. The van der Waals surface area contributed by atoms with E-state index in [1.54, 1.807) is 11.3 Å². The van der Waals surface area contributed by atoms with Crippen molar-refractivity contribution in [1.82, 2.24) is 4.98 Å². The van der Waals surface area contributed by atoms with Gasteiger partial charge in [0.15, 0.2) is 0 Å². The number of halogens is 1. The molecule has 0 fully saturated rings. The van der Waals surface area contributed by atoms with Crippen LogP contribution in [0.3, 0.4) is 0 Å². The van der Waals surface area contributed by atoms with Gasteiger partial charge in [-0.2, -0.15) is 0 Å². The summed E-state index contributed by atoms with van der Waals surface area (Å²) in [4.78, 5) is 5.13. The summed E-state index contributed by atoms with van der Waals surface area (Å²) in [6.07, 6.45) is 0. The molecular weight excluding hydrogens is 425 g/mol. The molecule has 0 aliphatic rings. The van der Waals surface area contributed by atoms with Crippen molar-refractivity contribution < 1.29 is 4.39 Å². The molecule has 0 atom stereocenters. The van der Waals surface area contributed by atoms with E-state index in [4.69, 9.17) is 4.98 Å². The molecule has 0 aliphatic heterocycles. The van der Waals surface area contributed by atoms with Gasteiger partial charge in [-0.3, -0.25) is 0 Å². The Kier molecular flexibility index (Phi) is 4.78. The summed E-state index contributed by atoms with van der Waals surface area (Å²) in [6, 6.07) is 34.3. The smallest absolute Gasteiger partial charge is 0.124 e. The van der Waals surface area contributed by atoms with Gasteiger partial charge in [-0.1, -0.05) is 78.9 Å². The Labute approximate surface area is 195 Å². The molecule has 0 saturated heterocycles. The van der Waals surface area contributed by atoms with Gasteiger partial charge in [-0.05, 0) is 64.2 Å². The molecule has 0 spiro atoms. The van der Waals surface area contributed by atoms with E-state index in [2.05, 4.69) is 85.8 Å². The molecular formula is C30H20FNS. The number of nitrogens with zero attached hydrogens (tertiary/aromatic N) is 1. The Morgan fingerprint density at radius 3 is 2.24 bits per heavy atom. The highest BCUT2D eigenvalue weighted by Crippen LogP contribution is 2.41. The van der Waals surface area contributed by atoms with E-state index in [1.165, 1.54) is 28.5 Å². The molecule has 0 N–H and O–H groups in total. The number of aryl methyl sites for hydroxylation is 1. The summed E-state index contributed by atoms with van der Waals surface area (Å²) < 4.78 is 14.7. The molecule has 1 heterocycles. The maximum Gasteiger partial charge on any atom is 0.124 e. The van der Waals surface area contributed by atoms with Crippen LogP contribution in [0, 0.1) is 12.7 Å². The standard InChI is InChI=1S/C30H20FNS/c1-19-7-2-4-10-24(19)30-32-29-27(26-12-6-9-21-8-3-5-11-25(21)26)17-22(18-28(29)33-30)20-13-15-23(31)16-14-20/h2-18H,1H3. The average molecular weight is 446 g/mol. The fourth-order valence-corrected chi connectivity index (χ4v) is 5.55. The SMILES string of the molecule is Cc1ccccc1-c1nc2c(-c3cccc4ccccc34)cc(-c3ccc(F)cc3)cc2s1. The van der Waals surface area contributed by atoms with Gasteiger partial charge >= 0.3 is 0 Å². The van der Waals surface area contributed by atoms with Crippen molar-refractivity contribution >= 4 is 32.3 Å². The number of benzene rings is 5. The maximum absolute atomic E-state index is 13.6. The molecule has 0 radical (unpaired) electrons. The minimum absolute atomic E-state index is 0.228. The predicted molar refractivity (Wildman–Crippen MR) is 138 cm³/mol. The zero-order valence-electron chi connectivity index (χ0n) is 18.0. The Morgan fingerprint density at radius 2 is 1.39 bits per heavy atom. The van der Waals surface area contributed by atoms with E-state index in [-0.39, 0.29) is 5.82 Å². The molecule has 0 aliphatic carbocycles. The van der Waals surface area contributed by atoms with Crippen molar-refractivity contribution in [3.8, 4) is 32.8 Å². The zero-order chi connectivity index (χ0) is 22.4. The average Bonchev–Trinajstić information content (AvgIpc) is 3.28. The van der Waals surface area contributed by atoms with Crippen LogP contribution in [0.4, 0.5) is 4.39 Å². The van der Waals surface area contributed by atoms with Crippen LogP contribution < -0.4 is 0 Å². The number of hydrogen-bond donors (Lipinski definition) is 0. The normalized spacial score (nSPS) is 11.3. The first-order chi connectivity index (χ1) is 16.2. The minimum atomic E-state index is -0.228. The summed E-state index contributed by atoms with van der Waals surface area (Å²) in [5.41, 5.74) is 7.67.